The smallest absolute Gasteiger partial charge is 0.309 e. The molecule has 0 radical (unpaired) electrons. The number of piperazine rings is 1. The van der Waals surface area contributed by atoms with E-state index in [1.165, 1.54) is 7.11 Å². The fourth-order valence-electron chi connectivity index (χ4n) is 5.59. The van der Waals surface area contributed by atoms with Crippen molar-refractivity contribution in [2.75, 3.05) is 41.1 Å². The number of aromatic nitrogens is 2. The molecule has 3 saturated heterocycles. The van der Waals surface area contributed by atoms with Crippen molar-refractivity contribution >= 4 is 50.5 Å². The number of nitrogens with one attached hydrogen (secondary N) is 1. The number of hydrogen-bond donors (Lipinski definition) is 1. The average molecular weight is 554 g/mol. The van der Waals surface area contributed by atoms with Gasteiger partial charge in [0.15, 0.2) is 15.7 Å². The van der Waals surface area contributed by atoms with Gasteiger partial charge in [0.1, 0.15) is 4.90 Å². The Labute approximate surface area is 226 Å². The van der Waals surface area contributed by atoms with Crippen LogP contribution in [0.2, 0.25) is 5.02 Å². The third-order valence-corrected chi connectivity index (χ3v) is 9.60. The van der Waals surface area contributed by atoms with Gasteiger partial charge in [-0.15, -0.1) is 0 Å². The molecule has 198 valence electrons. The van der Waals surface area contributed by atoms with Crippen LogP contribution in [-0.2, 0) is 32.2 Å². The lowest BCUT2D eigenvalue weighted by Gasteiger charge is -2.57. The van der Waals surface area contributed by atoms with Crippen LogP contribution < -0.4 is 15.1 Å². The van der Waals surface area contributed by atoms with Crippen LogP contribution in [0.4, 0.5) is 23.1 Å². The van der Waals surface area contributed by atoms with Gasteiger partial charge in [-0.25, -0.2) is 13.4 Å². The van der Waals surface area contributed by atoms with Gasteiger partial charge >= 0.3 is 5.97 Å². The number of carbonyl (C=O) groups excluding carboxylic acids is 1. The molecule has 7 rings (SSSR count). The number of benzene rings is 2. The van der Waals surface area contributed by atoms with E-state index in [2.05, 4.69) is 15.1 Å². The normalized spacial score (nSPS) is 21.3. The molecule has 1 aromatic heterocycles. The van der Waals surface area contributed by atoms with Crippen LogP contribution in [0.15, 0.2) is 53.4 Å². The van der Waals surface area contributed by atoms with E-state index in [0.29, 0.717) is 41.0 Å². The Hall–Kier alpha value is -3.37. The highest BCUT2D eigenvalue weighted by Gasteiger charge is 2.47. The summed E-state index contributed by atoms with van der Waals surface area (Å²) in [7, 11) is -2.15. The maximum Gasteiger partial charge on any atom is 0.309 e. The summed E-state index contributed by atoms with van der Waals surface area (Å²) in [5.74, 6) is 0.647. The number of carbonyl (C=O) groups is 1. The van der Waals surface area contributed by atoms with Crippen LogP contribution in [0, 0.1) is 0 Å². The molecule has 3 fully saturated rings. The van der Waals surface area contributed by atoms with E-state index in [4.69, 9.17) is 26.3 Å². The number of aryl methyl sites for hydroxylation is 1. The fraction of sp³-hybridized carbons (Fsp3) is 0.370. The number of esters is 1. The van der Waals surface area contributed by atoms with Gasteiger partial charge in [0, 0.05) is 29.5 Å². The number of halogens is 1. The second kappa shape index (κ2) is 9.74. The van der Waals surface area contributed by atoms with Crippen molar-refractivity contribution in [1.29, 1.82) is 0 Å². The summed E-state index contributed by atoms with van der Waals surface area (Å²) in [6.07, 6.45) is 2.36. The van der Waals surface area contributed by atoms with Crippen molar-refractivity contribution in [1.82, 2.24) is 9.97 Å². The van der Waals surface area contributed by atoms with Crippen molar-refractivity contribution < 1.29 is 17.9 Å². The molecule has 11 heteroatoms. The number of fused-ring (bicyclic) bond motifs is 3. The maximum absolute atomic E-state index is 13.1. The summed E-state index contributed by atoms with van der Waals surface area (Å²) in [5, 5.41) is 3.95. The van der Waals surface area contributed by atoms with Crippen LogP contribution in [0.1, 0.15) is 24.1 Å². The minimum atomic E-state index is -3.50. The Morgan fingerprint density at radius 2 is 1.79 bits per heavy atom. The van der Waals surface area contributed by atoms with Gasteiger partial charge in [-0.2, -0.15) is 4.98 Å². The van der Waals surface area contributed by atoms with Crippen LogP contribution in [0.25, 0.3) is 0 Å². The number of ether oxygens (including phenoxy) is 1. The number of piperidine rings is 1. The van der Waals surface area contributed by atoms with E-state index in [-0.39, 0.29) is 35.1 Å². The standard InChI is InChI=1S/C27H28ClN5O4S/c1-37-24(34)13-17-4-8-19(9-5-17)29-26-25-23(3-2-12-38(25,35)36)30-27(31-26)33-21-14-22(33)16-32(15-21)20-10-6-18(28)7-11-20/h4-11,21-22H,2-3,12-16H2,1H3,(H,29,30,31). The first kappa shape index (κ1) is 24.9. The van der Waals surface area contributed by atoms with Gasteiger partial charge in [-0.05, 0) is 61.2 Å². The molecule has 2 unspecified atom stereocenters. The van der Waals surface area contributed by atoms with E-state index < -0.39 is 9.84 Å². The number of methoxy groups -OCH3 is 1. The summed E-state index contributed by atoms with van der Waals surface area (Å²) < 4.78 is 30.9. The van der Waals surface area contributed by atoms with Crippen molar-refractivity contribution in [2.45, 2.75) is 42.7 Å². The highest BCUT2D eigenvalue weighted by atomic mass is 35.5. The Balaban J connectivity index is 1.29. The Morgan fingerprint density at radius 1 is 1.08 bits per heavy atom. The molecule has 4 aliphatic rings. The number of nitrogens with zero attached hydrogens (tertiary/aromatic N) is 4. The largest absolute Gasteiger partial charge is 0.469 e. The molecule has 5 heterocycles. The molecule has 0 saturated carbocycles. The second-order valence-corrected chi connectivity index (χ2v) is 12.5. The molecule has 2 atom stereocenters. The molecule has 4 aliphatic heterocycles. The molecule has 2 bridgehead atoms. The number of sulfone groups is 1. The predicted molar refractivity (Wildman–Crippen MR) is 146 cm³/mol. The molecule has 1 N–H and O–H groups in total. The summed E-state index contributed by atoms with van der Waals surface area (Å²) in [5.41, 5.74) is 3.20. The lowest BCUT2D eigenvalue weighted by Crippen LogP contribution is -2.69. The Kier molecular flexibility index (Phi) is 6.39. The third-order valence-electron chi connectivity index (χ3n) is 7.47. The minimum absolute atomic E-state index is 0.0838. The molecular formula is C27H28ClN5O4S. The van der Waals surface area contributed by atoms with E-state index in [9.17, 15) is 13.2 Å². The lowest BCUT2D eigenvalue weighted by atomic mass is 9.87. The van der Waals surface area contributed by atoms with Crippen LogP contribution in [0.5, 0.6) is 0 Å². The second-order valence-electron chi connectivity index (χ2n) is 9.98. The first-order valence-corrected chi connectivity index (χ1v) is 14.7. The monoisotopic (exact) mass is 553 g/mol. The van der Waals surface area contributed by atoms with Crippen LogP contribution in [0.3, 0.4) is 0 Å². The molecule has 38 heavy (non-hydrogen) atoms. The maximum atomic E-state index is 13.1. The summed E-state index contributed by atoms with van der Waals surface area (Å²) >= 11 is 6.07. The van der Waals surface area contributed by atoms with Gasteiger partial charge < -0.3 is 19.9 Å². The van der Waals surface area contributed by atoms with Gasteiger partial charge in [-0.3, -0.25) is 4.79 Å². The van der Waals surface area contributed by atoms with Crippen molar-refractivity contribution in [3.05, 3.63) is 64.8 Å². The van der Waals surface area contributed by atoms with Crippen molar-refractivity contribution in [2.24, 2.45) is 0 Å². The van der Waals surface area contributed by atoms with E-state index in [1.807, 2.05) is 48.5 Å². The number of rotatable bonds is 6. The Bertz CT molecular complexity index is 1470. The topological polar surface area (TPSA) is 105 Å². The van der Waals surface area contributed by atoms with E-state index >= 15 is 0 Å². The quantitative estimate of drug-likeness (QED) is 0.457. The zero-order valence-corrected chi connectivity index (χ0v) is 22.5. The molecule has 0 aliphatic carbocycles. The first-order chi connectivity index (χ1) is 18.3. The SMILES string of the molecule is COC(=O)Cc1ccc(Nc2nc(N3C4CC3CN(c3ccc(Cl)cc3)C4)nc3c2S(=O)(=O)CCC3)cc1. The van der Waals surface area contributed by atoms with Crippen molar-refractivity contribution in [3.8, 4) is 0 Å². The zero-order valence-electron chi connectivity index (χ0n) is 20.9. The highest BCUT2D eigenvalue weighted by molar-refractivity contribution is 7.91. The fourth-order valence-corrected chi connectivity index (χ4v) is 7.34. The van der Waals surface area contributed by atoms with Crippen LogP contribution >= 0.6 is 11.6 Å². The van der Waals surface area contributed by atoms with Crippen LogP contribution in [-0.4, -0.2) is 62.4 Å². The first-order valence-electron chi connectivity index (χ1n) is 12.7. The van der Waals surface area contributed by atoms with Gasteiger partial charge in [0.05, 0.1) is 37.1 Å². The van der Waals surface area contributed by atoms with E-state index in [1.54, 1.807) is 0 Å². The molecule has 9 nitrogen and oxygen atoms in total. The van der Waals surface area contributed by atoms with E-state index in [0.717, 1.165) is 30.8 Å². The number of anilines is 4. The third kappa shape index (κ3) is 4.67. The van der Waals surface area contributed by atoms with Crippen molar-refractivity contribution in [3.63, 3.8) is 0 Å². The number of hydrogen-bond acceptors (Lipinski definition) is 9. The summed E-state index contributed by atoms with van der Waals surface area (Å²) in [4.78, 5) is 25.9. The molecule has 3 aromatic rings. The summed E-state index contributed by atoms with van der Waals surface area (Å²) in [6.45, 7) is 1.67. The lowest BCUT2D eigenvalue weighted by molar-refractivity contribution is -0.139. The van der Waals surface area contributed by atoms with Gasteiger partial charge in [0.2, 0.25) is 5.95 Å². The predicted octanol–water partition coefficient (Wildman–Crippen LogP) is 3.78. The molecule has 0 amide bonds. The average Bonchev–Trinajstić information content (AvgIpc) is 2.89. The summed E-state index contributed by atoms with van der Waals surface area (Å²) in [6, 6.07) is 15.6. The zero-order chi connectivity index (χ0) is 26.4. The van der Waals surface area contributed by atoms with Gasteiger partial charge in [0.25, 0.3) is 0 Å². The molecule has 2 aromatic carbocycles. The van der Waals surface area contributed by atoms with Gasteiger partial charge in [-0.1, -0.05) is 23.7 Å². The molecular weight excluding hydrogens is 526 g/mol. The minimum Gasteiger partial charge on any atom is -0.469 e. The Morgan fingerprint density at radius 3 is 2.47 bits per heavy atom. The molecule has 0 spiro atoms. The highest BCUT2D eigenvalue weighted by Crippen LogP contribution is 2.40.